The molecule has 0 aromatic heterocycles. The van der Waals surface area contributed by atoms with Crippen LogP contribution >= 0.6 is 12.2 Å². The molecule has 1 aromatic carbocycles. The molecular weight excluding hydrogens is 254 g/mol. The predicted octanol–water partition coefficient (Wildman–Crippen LogP) is 1.71. The zero-order valence-corrected chi connectivity index (χ0v) is 11.5. The lowest BCUT2D eigenvalue weighted by Crippen LogP contribution is -2.25. The average Bonchev–Trinajstić information content (AvgIpc) is 2.37. The van der Waals surface area contributed by atoms with Crippen LogP contribution in [0.15, 0.2) is 18.2 Å². The summed E-state index contributed by atoms with van der Waals surface area (Å²) in [6.45, 7) is 0. The Hall–Kier alpha value is -1.82. The first-order chi connectivity index (χ1) is 8.49. The molecule has 18 heavy (non-hydrogen) atoms. The van der Waals surface area contributed by atoms with E-state index in [9.17, 15) is 4.79 Å². The van der Waals surface area contributed by atoms with E-state index in [1.165, 1.54) is 14.2 Å². The monoisotopic (exact) mass is 269 g/mol. The van der Waals surface area contributed by atoms with Gasteiger partial charge in [-0.3, -0.25) is 0 Å². The number of methoxy groups -OCH3 is 2. The Morgan fingerprint density at radius 2 is 1.94 bits per heavy atom. The number of hydrogen-bond donors (Lipinski definition) is 0. The van der Waals surface area contributed by atoms with E-state index in [-0.39, 0.29) is 5.17 Å². The largest absolute Gasteiger partial charge is 0.497 e. The molecule has 0 amide bonds. The van der Waals surface area contributed by atoms with Gasteiger partial charge in [0.25, 0.3) is 5.17 Å². The summed E-state index contributed by atoms with van der Waals surface area (Å²) < 4.78 is 15.2. The van der Waals surface area contributed by atoms with Gasteiger partial charge in [0.15, 0.2) is 0 Å². The van der Waals surface area contributed by atoms with Crippen molar-refractivity contribution >= 4 is 23.4 Å². The molecule has 0 aliphatic heterocycles. The highest BCUT2D eigenvalue weighted by molar-refractivity contribution is 7.80. The van der Waals surface area contributed by atoms with Gasteiger partial charge >= 0.3 is 5.97 Å². The molecule has 0 aliphatic rings. The van der Waals surface area contributed by atoms with Crippen LogP contribution in [-0.4, -0.2) is 44.4 Å². The maximum absolute atomic E-state index is 11.6. The first-order valence-electron chi connectivity index (χ1n) is 5.15. The molecule has 98 valence electrons. The lowest BCUT2D eigenvalue weighted by Gasteiger charge is -2.16. The van der Waals surface area contributed by atoms with Crippen molar-refractivity contribution in [2.75, 3.05) is 28.3 Å². The summed E-state index contributed by atoms with van der Waals surface area (Å²) in [5, 5.41) is 0.244. The second kappa shape index (κ2) is 6.20. The van der Waals surface area contributed by atoms with Crippen molar-refractivity contribution < 1.29 is 19.0 Å². The highest BCUT2D eigenvalue weighted by Gasteiger charge is 2.16. The number of thiocarbonyl (C=S) groups is 1. The maximum atomic E-state index is 11.6. The van der Waals surface area contributed by atoms with E-state index in [4.69, 9.17) is 21.7 Å². The normalized spacial score (nSPS) is 9.56. The summed E-state index contributed by atoms with van der Waals surface area (Å²) in [7, 11) is 6.34. The van der Waals surface area contributed by atoms with Crippen LogP contribution in [0.25, 0.3) is 0 Å². The predicted molar refractivity (Wildman–Crippen MR) is 71.2 cm³/mol. The van der Waals surface area contributed by atoms with E-state index in [1.807, 2.05) is 0 Å². The van der Waals surface area contributed by atoms with Crippen molar-refractivity contribution in [3.8, 4) is 11.5 Å². The number of esters is 1. The molecule has 0 aliphatic carbocycles. The lowest BCUT2D eigenvalue weighted by atomic mass is 10.2. The van der Waals surface area contributed by atoms with Crippen molar-refractivity contribution in [3.63, 3.8) is 0 Å². The third-order valence-electron chi connectivity index (χ3n) is 2.16. The zero-order valence-electron chi connectivity index (χ0n) is 10.7. The van der Waals surface area contributed by atoms with E-state index in [1.54, 1.807) is 37.2 Å². The van der Waals surface area contributed by atoms with Crippen molar-refractivity contribution in [2.45, 2.75) is 0 Å². The molecule has 5 nitrogen and oxygen atoms in total. The van der Waals surface area contributed by atoms with Crippen molar-refractivity contribution in [1.29, 1.82) is 0 Å². The van der Waals surface area contributed by atoms with E-state index in [0.717, 1.165) is 0 Å². The summed E-state index contributed by atoms with van der Waals surface area (Å²) in [5.41, 5.74) is 0.294. The van der Waals surface area contributed by atoms with Gasteiger partial charge in [-0.2, -0.15) is 0 Å². The molecular formula is C12H15NO4S. The fourth-order valence-corrected chi connectivity index (χ4v) is 1.27. The maximum Gasteiger partial charge on any atom is 0.341 e. The van der Waals surface area contributed by atoms with Crippen LogP contribution in [0, 0.1) is 0 Å². The molecule has 0 fully saturated rings. The van der Waals surface area contributed by atoms with Crippen molar-refractivity contribution in [3.05, 3.63) is 23.8 Å². The summed E-state index contributed by atoms with van der Waals surface area (Å²) in [4.78, 5) is 13.2. The van der Waals surface area contributed by atoms with Gasteiger partial charge in [0.05, 0.1) is 14.2 Å². The third kappa shape index (κ3) is 3.33. The van der Waals surface area contributed by atoms with E-state index in [2.05, 4.69) is 4.74 Å². The van der Waals surface area contributed by atoms with E-state index in [0.29, 0.717) is 17.1 Å². The zero-order chi connectivity index (χ0) is 13.7. The van der Waals surface area contributed by atoms with Crippen LogP contribution in [0.5, 0.6) is 11.5 Å². The molecule has 1 rings (SSSR count). The van der Waals surface area contributed by atoms with Crippen LogP contribution in [-0.2, 0) is 4.74 Å². The number of carbonyl (C=O) groups excluding carboxylic acids is 1. The Balaban J connectivity index is 3.11. The number of nitrogens with zero attached hydrogens (tertiary/aromatic N) is 1. The molecule has 0 saturated heterocycles. The smallest absolute Gasteiger partial charge is 0.341 e. The molecule has 0 spiro atoms. The molecule has 6 heteroatoms. The van der Waals surface area contributed by atoms with E-state index < -0.39 is 5.97 Å². The number of hydrogen-bond acceptors (Lipinski definition) is 5. The summed E-state index contributed by atoms with van der Waals surface area (Å²) in [6.07, 6.45) is 0. The Bertz CT molecular complexity index is 459. The van der Waals surface area contributed by atoms with E-state index >= 15 is 0 Å². The highest BCUT2D eigenvalue weighted by Crippen LogP contribution is 2.26. The van der Waals surface area contributed by atoms with Gasteiger partial charge in [0.1, 0.15) is 17.1 Å². The molecule has 0 atom stereocenters. The number of ether oxygens (including phenoxy) is 3. The van der Waals surface area contributed by atoms with Gasteiger partial charge in [-0.1, -0.05) is 0 Å². The van der Waals surface area contributed by atoms with Crippen molar-refractivity contribution in [2.24, 2.45) is 0 Å². The second-order valence-electron chi connectivity index (χ2n) is 3.62. The number of benzene rings is 1. The highest BCUT2D eigenvalue weighted by atomic mass is 32.1. The Kier molecular flexibility index (Phi) is 4.91. The van der Waals surface area contributed by atoms with Crippen LogP contribution in [0.2, 0.25) is 0 Å². The lowest BCUT2D eigenvalue weighted by molar-refractivity contribution is 0.0598. The standard InChI is InChI=1S/C12H15NO4S/c1-13(2)12(18)17-10-7-8(15-3)5-6-9(10)11(14)16-4/h5-7H,1-4H3. The van der Waals surface area contributed by atoms with Gasteiger partial charge in [-0.15, -0.1) is 0 Å². The number of carbonyl (C=O) groups is 1. The molecule has 0 unspecified atom stereocenters. The van der Waals surface area contributed by atoms with Gasteiger partial charge in [-0.05, 0) is 24.4 Å². The topological polar surface area (TPSA) is 48.0 Å². The summed E-state index contributed by atoms with van der Waals surface area (Å²) >= 11 is 5.03. The second-order valence-corrected chi connectivity index (χ2v) is 3.97. The molecule has 0 N–H and O–H groups in total. The molecule has 1 aromatic rings. The number of rotatable bonds is 3. The summed E-state index contributed by atoms with van der Waals surface area (Å²) in [5.74, 6) is 0.383. The fraction of sp³-hybridized carbons (Fsp3) is 0.333. The average molecular weight is 269 g/mol. The molecule has 0 heterocycles. The minimum absolute atomic E-state index is 0.244. The molecule has 0 saturated carbocycles. The van der Waals surface area contributed by atoms with Crippen molar-refractivity contribution in [1.82, 2.24) is 4.90 Å². The third-order valence-corrected chi connectivity index (χ3v) is 2.60. The molecule has 0 radical (unpaired) electrons. The van der Waals surface area contributed by atoms with Gasteiger partial charge in [-0.25, -0.2) is 4.79 Å². The van der Waals surface area contributed by atoms with Crippen LogP contribution in [0.1, 0.15) is 10.4 Å². The van der Waals surface area contributed by atoms with Gasteiger partial charge in [0.2, 0.25) is 0 Å². The first-order valence-corrected chi connectivity index (χ1v) is 5.56. The van der Waals surface area contributed by atoms with Crippen LogP contribution in [0.4, 0.5) is 0 Å². The van der Waals surface area contributed by atoms with Crippen LogP contribution < -0.4 is 9.47 Å². The quantitative estimate of drug-likeness (QED) is 0.615. The fourth-order valence-electron chi connectivity index (χ4n) is 1.18. The Labute approximate surface area is 111 Å². The van der Waals surface area contributed by atoms with Gasteiger partial charge < -0.3 is 19.1 Å². The summed E-state index contributed by atoms with van der Waals surface area (Å²) in [6, 6.07) is 4.80. The SMILES string of the molecule is COC(=O)c1ccc(OC)cc1OC(=S)N(C)C. The first kappa shape index (κ1) is 14.2. The van der Waals surface area contributed by atoms with Gasteiger partial charge in [0, 0.05) is 20.2 Å². The van der Waals surface area contributed by atoms with Crippen LogP contribution in [0.3, 0.4) is 0 Å². The minimum atomic E-state index is -0.491. The molecule has 0 bridgehead atoms. The Morgan fingerprint density at radius 3 is 2.44 bits per heavy atom. The minimum Gasteiger partial charge on any atom is -0.497 e. The Morgan fingerprint density at radius 1 is 1.28 bits per heavy atom.